The summed E-state index contributed by atoms with van der Waals surface area (Å²) in [6, 6.07) is 6.94. The topological polar surface area (TPSA) is 101 Å². The third kappa shape index (κ3) is 3.52. The van der Waals surface area contributed by atoms with Crippen LogP contribution >= 0.6 is 11.6 Å². The van der Waals surface area contributed by atoms with Crippen molar-refractivity contribution in [2.24, 2.45) is 17.3 Å². The van der Waals surface area contributed by atoms with Crippen molar-refractivity contribution in [1.29, 1.82) is 0 Å². The number of ketones is 1. The second-order valence-electron chi connectivity index (χ2n) is 10.1. The van der Waals surface area contributed by atoms with Crippen LogP contribution in [0.1, 0.15) is 62.2 Å². The molecule has 2 N–H and O–H groups in total. The summed E-state index contributed by atoms with van der Waals surface area (Å²) >= 11 is 6.51. The van der Waals surface area contributed by atoms with Crippen LogP contribution in [0.2, 0.25) is 5.02 Å². The van der Waals surface area contributed by atoms with Gasteiger partial charge in [-0.2, -0.15) is 5.10 Å². The second-order valence-corrected chi connectivity index (χ2v) is 10.5. The van der Waals surface area contributed by atoms with Gasteiger partial charge in [0.2, 0.25) is 0 Å². The van der Waals surface area contributed by atoms with Crippen molar-refractivity contribution in [1.82, 2.24) is 9.78 Å². The number of carbonyl (C=O) groups excluding carboxylic acids is 1. The molecule has 1 aromatic heterocycles. The van der Waals surface area contributed by atoms with Crippen LogP contribution in [0.5, 0.6) is 0 Å². The Balaban J connectivity index is 1.46. The highest BCUT2D eigenvalue weighted by Crippen LogP contribution is 2.65. The molecular weight excluding hydrogens is 430 g/mol. The number of Topliss-reactive ketones (excluding diaryl/α,β-unsaturated/α-hetero) is 1. The minimum absolute atomic E-state index is 0.0184. The SMILES string of the molecule is CC(=O)c1ccc(Nc2cnn(C34CC5CC(CC(CC(=O)O)(C5)C3)C4)c(=O)c2Cl)cc1. The standard InChI is InChI=1S/C24H26ClN3O4/c1-14(29)17-2-4-18(5-3-17)27-19-12-26-28(22(32)21(19)25)24-9-15-6-16(10-24)8-23(7-15,13-24)11-20(30)31/h2-5,12,15-16,27H,6-11,13H2,1H3,(H,30,31). The van der Waals surface area contributed by atoms with E-state index in [0.29, 0.717) is 35.2 Å². The van der Waals surface area contributed by atoms with E-state index in [2.05, 4.69) is 10.4 Å². The van der Waals surface area contributed by atoms with Crippen molar-refractivity contribution in [2.75, 3.05) is 5.32 Å². The van der Waals surface area contributed by atoms with E-state index in [1.165, 1.54) is 6.92 Å². The fourth-order valence-corrected chi connectivity index (χ4v) is 7.16. The lowest BCUT2D eigenvalue weighted by Crippen LogP contribution is -2.59. The lowest BCUT2D eigenvalue weighted by atomic mass is 9.46. The number of nitrogens with zero attached hydrogens (tertiary/aromatic N) is 2. The Hall–Kier alpha value is -2.67. The van der Waals surface area contributed by atoms with E-state index in [1.807, 2.05) is 0 Å². The number of carboxylic acid groups (broad SMARTS) is 1. The van der Waals surface area contributed by atoms with Gasteiger partial charge in [0.1, 0.15) is 5.02 Å². The predicted molar refractivity (Wildman–Crippen MR) is 121 cm³/mol. The van der Waals surface area contributed by atoms with E-state index in [4.69, 9.17) is 11.6 Å². The molecule has 0 amide bonds. The average molecular weight is 456 g/mol. The number of hydrogen-bond donors (Lipinski definition) is 2. The molecule has 7 nitrogen and oxygen atoms in total. The van der Waals surface area contributed by atoms with E-state index in [1.54, 1.807) is 35.1 Å². The molecule has 32 heavy (non-hydrogen) atoms. The normalized spacial score (nSPS) is 30.3. The lowest BCUT2D eigenvalue weighted by molar-refractivity contribution is -0.151. The van der Waals surface area contributed by atoms with Gasteiger partial charge in [-0.3, -0.25) is 14.4 Å². The van der Waals surface area contributed by atoms with Crippen molar-refractivity contribution in [3.05, 3.63) is 51.4 Å². The number of benzene rings is 1. The van der Waals surface area contributed by atoms with Gasteiger partial charge in [0, 0.05) is 11.3 Å². The maximum atomic E-state index is 13.3. The quantitative estimate of drug-likeness (QED) is 0.616. The molecule has 4 aliphatic carbocycles. The maximum absolute atomic E-state index is 13.3. The fraction of sp³-hybridized carbons (Fsp3) is 0.500. The molecule has 2 aromatic rings. The molecule has 6 rings (SSSR count). The van der Waals surface area contributed by atoms with E-state index in [9.17, 15) is 19.5 Å². The molecule has 0 spiro atoms. The van der Waals surface area contributed by atoms with Gasteiger partial charge < -0.3 is 10.4 Å². The van der Waals surface area contributed by atoms with Gasteiger partial charge in [0.25, 0.3) is 5.56 Å². The number of rotatable bonds is 6. The van der Waals surface area contributed by atoms with Crippen molar-refractivity contribution in [2.45, 2.75) is 57.4 Å². The van der Waals surface area contributed by atoms with Gasteiger partial charge >= 0.3 is 5.97 Å². The van der Waals surface area contributed by atoms with Crippen LogP contribution in [0.4, 0.5) is 11.4 Å². The van der Waals surface area contributed by atoms with E-state index in [0.717, 1.165) is 32.1 Å². The third-order valence-corrected chi connectivity index (χ3v) is 7.98. The molecule has 0 saturated heterocycles. The van der Waals surface area contributed by atoms with Crippen molar-refractivity contribution in [3.63, 3.8) is 0 Å². The summed E-state index contributed by atoms with van der Waals surface area (Å²) in [5, 5.41) is 17.2. The number of nitrogens with one attached hydrogen (secondary N) is 1. The molecule has 0 radical (unpaired) electrons. The van der Waals surface area contributed by atoms with Crippen LogP contribution in [-0.2, 0) is 10.3 Å². The van der Waals surface area contributed by atoms with Crippen LogP contribution in [-0.4, -0.2) is 26.6 Å². The zero-order chi connectivity index (χ0) is 22.7. The Morgan fingerprint density at radius 3 is 2.44 bits per heavy atom. The highest BCUT2D eigenvalue weighted by molar-refractivity contribution is 6.33. The first kappa shape index (κ1) is 21.2. The molecule has 4 bridgehead atoms. The number of anilines is 2. The van der Waals surface area contributed by atoms with Crippen LogP contribution < -0.4 is 10.9 Å². The van der Waals surface area contributed by atoms with E-state index in [-0.39, 0.29) is 28.2 Å². The highest BCUT2D eigenvalue weighted by atomic mass is 35.5. The van der Waals surface area contributed by atoms with Gasteiger partial charge in [-0.15, -0.1) is 0 Å². The largest absolute Gasteiger partial charge is 0.481 e. The Morgan fingerprint density at radius 2 is 1.84 bits per heavy atom. The number of carboxylic acids is 1. The highest BCUT2D eigenvalue weighted by Gasteiger charge is 2.59. The van der Waals surface area contributed by atoms with Crippen LogP contribution in [0, 0.1) is 17.3 Å². The number of hydrogen-bond acceptors (Lipinski definition) is 5. The molecule has 168 valence electrons. The number of halogens is 1. The summed E-state index contributed by atoms with van der Waals surface area (Å²) in [5.74, 6) is 0.0761. The molecule has 4 fully saturated rings. The molecule has 2 unspecified atom stereocenters. The minimum atomic E-state index is -0.768. The molecule has 8 heteroatoms. The molecular formula is C24H26ClN3O4. The smallest absolute Gasteiger partial charge is 0.303 e. The maximum Gasteiger partial charge on any atom is 0.303 e. The third-order valence-electron chi connectivity index (χ3n) is 7.62. The minimum Gasteiger partial charge on any atom is -0.481 e. The summed E-state index contributed by atoms with van der Waals surface area (Å²) < 4.78 is 1.55. The Labute approximate surface area is 190 Å². The number of carbonyl (C=O) groups is 2. The first-order valence-corrected chi connectivity index (χ1v) is 11.4. The van der Waals surface area contributed by atoms with Crippen molar-refractivity contribution < 1.29 is 14.7 Å². The Morgan fingerprint density at radius 1 is 1.19 bits per heavy atom. The first-order valence-electron chi connectivity index (χ1n) is 11.1. The van der Waals surface area contributed by atoms with Crippen LogP contribution in [0.15, 0.2) is 35.3 Å². The molecule has 4 aliphatic rings. The van der Waals surface area contributed by atoms with Crippen molar-refractivity contribution >= 4 is 34.7 Å². The van der Waals surface area contributed by atoms with Crippen molar-refractivity contribution in [3.8, 4) is 0 Å². The van der Waals surface area contributed by atoms with Crippen LogP contribution in [0.3, 0.4) is 0 Å². The molecule has 1 aromatic carbocycles. The number of aliphatic carboxylic acids is 1. The summed E-state index contributed by atoms with van der Waals surface area (Å²) in [5.41, 5.74) is 0.664. The molecule has 2 atom stereocenters. The van der Waals surface area contributed by atoms with Gasteiger partial charge in [-0.1, -0.05) is 11.6 Å². The second kappa shape index (κ2) is 7.44. The molecule has 4 saturated carbocycles. The first-order chi connectivity index (χ1) is 15.2. The monoisotopic (exact) mass is 455 g/mol. The summed E-state index contributed by atoms with van der Waals surface area (Å²) in [6.07, 6.45) is 7.07. The fourth-order valence-electron chi connectivity index (χ4n) is 6.98. The molecule has 0 aliphatic heterocycles. The summed E-state index contributed by atoms with van der Waals surface area (Å²) in [4.78, 5) is 36.4. The zero-order valence-electron chi connectivity index (χ0n) is 17.9. The van der Waals surface area contributed by atoms with Gasteiger partial charge in [0.05, 0.1) is 23.8 Å². The van der Waals surface area contributed by atoms with Gasteiger partial charge in [-0.25, -0.2) is 4.68 Å². The zero-order valence-corrected chi connectivity index (χ0v) is 18.7. The van der Waals surface area contributed by atoms with Gasteiger partial charge in [0.15, 0.2) is 5.78 Å². The average Bonchev–Trinajstić information content (AvgIpc) is 2.69. The predicted octanol–water partition coefficient (Wildman–Crippen LogP) is 4.61. The van der Waals surface area contributed by atoms with Crippen LogP contribution in [0.25, 0.3) is 0 Å². The van der Waals surface area contributed by atoms with E-state index >= 15 is 0 Å². The lowest BCUT2D eigenvalue weighted by Gasteiger charge is -2.61. The van der Waals surface area contributed by atoms with Gasteiger partial charge in [-0.05, 0) is 87.0 Å². The molecule has 1 heterocycles. The Kier molecular flexibility index (Phi) is 4.93. The Bertz CT molecular complexity index is 1140. The number of aromatic nitrogens is 2. The summed E-state index contributed by atoms with van der Waals surface area (Å²) in [7, 11) is 0. The summed E-state index contributed by atoms with van der Waals surface area (Å²) in [6.45, 7) is 1.51. The van der Waals surface area contributed by atoms with E-state index < -0.39 is 11.5 Å².